The van der Waals surface area contributed by atoms with Crippen molar-refractivity contribution in [2.24, 2.45) is 0 Å². The molecule has 5 aliphatic rings. The highest BCUT2D eigenvalue weighted by molar-refractivity contribution is 8.00. The van der Waals surface area contributed by atoms with E-state index in [2.05, 4.69) is 374 Å². The van der Waals surface area contributed by atoms with E-state index >= 15 is 0 Å². The van der Waals surface area contributed by atoms with Crippen LogP contribution in [0.5, 0.6) is 0 Å². The second-order valence-electron chi connectivity index (χ2n) is 26.7. The highest BCUT2D eigenvalue weighted by atomic mass is 32.2. The molecule has 0 N–H and O–H groups in total. The van der Waals surface area contributed by atoms with E-state index < -0.39 is 0 Å². The Morgan fingerprint density at radius 3 is 1.42 bits per heavy atom. The van der Waals surface area contributed by atoms with Crippen molar-refractivity contribution in [3.63, 3.8) is 0 Å². The van der Waals surface area contributed by atoms with Crippen LogP contribution in [0.1, 0.15) is 26.3 Å². The maximum atomic E-state index is 2.77. The zero-order valence-electron chi connectivity index (χ0n) is 53.7. The fourth-order valence-corrected chi connectivity index (χ4v) is 18.3. The monoisotopic (exact) mass is 1260 g/mol. The van der Waals surface area contributed by atoms with E-state index in [0.717, 1.165) is 45.5 Å². The molecule has 1 aliphatic carbocycles. The van der Waals surface area contributed by atoms with Gasteiger partial charge >= 0.3 is 0 Å². The van der Waals surface area contributed by atoms with Gasteiger partial charge in [-0.1, -0.05) is 262 Å². The quantitative estimate of drug-likeness (QED) is 0.119. The van der Waals surface area contributed by atoms with Gasteiger partial charge in [0.2, 0.25) is 13.4 Å². The van der Waals surface area contributed by atoms with E-state index in [1.165, 1.54) is 104 Å². The summed E-state index contributed by atoms with van der Waals surface area (Å²) in [5, 5.41) is 0.0349. The molecule has 2 unspecified atom stereocenters. The number of anilines is 11. The van der Waals surface area contributed by atoms with Gasteiger partial charge in [-0.05, 0) is 176 Å². The topological polar surface area (TPSA) is 13.0 Å². The number of thioether (sulfide) groups is 1. The minimum absolute atomic E-state index is 0.0109. The Kier molecular flexibility index (Phi) is 14.3. The van der Waals surface area contributed by atoms with Crippen molar-refractivity contribution in [1.82, 2.24) is 0 Å². The summed E-state index contributed by atoms with van der Waals surface area (Å²) in [4.78, 5) is 14.0. The predicted molar refractivity (Wildman–Crippen MR) is 411 cm³/mol. The van der Waals surface area contributed by atoms with Gasteiger partial charge in [0.25, 0.3) is 0 Å². The molecule has 8 heteroatoms. The third-order valence-electron chi connectivity index (χ3n) is 20.1. The van der Waals surface area contributed by atoms with Gasteiger partial charge in [-0.3, -0.25) is 0 Å². The minimum Gasteiger partial charge on any atom is -0.311 e. The van der Waals surface area contributed by atoms with E-state index in [4.69, 9.17) is 0 Å². The molecular formula is C88H66B2N4S2. The molecule has 4 heterocycles. The molecule has 13 aromatic carbocycles. The molecule has 18 rings (SSSR count). The van der Waals surface area contributed by atoms with Crippen LogP contribution in [0.2, 0.25) is 5.82 Å². The molecule has 456 valence electrons. The van der Waals surface area contributed by atoms with Gasteiger partial charge in [-0.15, -0.1) is 11.8 Å². The number of allylic oxidation sites excluding steroid dienone is 2. The first-order valence-electron chi connectivity index (χ1n) is 33.4. The Labute approximate surface area is 572 Å². The summed E-state index contributed by atoms with van der Waals surface area (Å²) in [6, 6.07) is 120. The maximum absolute atomic E-state index is 2.77. The molecule has 13 aromatic rings. The Morgan fingerprint density at radius 1 is 0.354 bits per heavy atom. The highest BCUT2D eigenvalue weighted by Crippen LogP contribution is 2.56. The van der Waals surface area contributed by atoms with Crippen molar-refractivity contribution in [2.75, 3.05) is 19.6 Å². The van der Waals surface area contributed by atoms with Crippen LogP contribution in [-0.2, 0) is 5.41 Å². The van der Waals surface area contributed by atoms with Gasteiger partial charge in [-0.25, -0.2) is 0 Å². The average Bonchev–Trinajstić information content (AvgIpc) is 0.695. The summed E-state index contributed by atoms with van der Waals surface area (Å²) in [5.74, 6) is 0.0943. The number of hydrogen-bond acceptors (Lipinski definition) is 6. The Morgan fingerprint density at radius 2 is 0.823 bits per heavy atom. The zero-order chi connectivity index (χ0) is 64.0. The summed E-state index contributed by atoms with van der Waals surface area (Å²) in [5.41, 5.74) is 29.0. The van der Waals surface area contributed by atoms with Crippen molar-refractivity contribution >= 4 is 121 Å². The van der Waals surface area contributed by atoms with Crippen molar-refractivity contribution in [3.05, 3.63) is 350 Å². The number of nitrogens with zero attached hydrogens (tertiary/aromatic N) is 4. The largest absolute Gasteiger partial charge is 0.311 e. The van der Waals surface area contributed by atoms with Crippen LogP contribution in [0.4, 0.5) is 62.6 Å². The van der Waals surface area contributed by atoms with Crippen molar-refractivity contribution in [1.29, 1.82) is 0 Å². The SMILES string of the molecule is CC(C)(C)c1ccc(-c2ccccc2N2C3=CC4Sc5cc(N(c6ccc(-c7ccccc7)cc6)c6ccc(-c7ccccc7)cc6)cc6c5B(c5ccccc5N6c5ccccc5)C4C=C3B3c4ccccc4Sc4cc(N(c5ccccc5)c5ccccc5)cc2c43)cc1. The molecular weight excluding hydrogens is 1200 g/mol. The van der Waals surface area contributed by atoms with E-state index in [1.54, 1.807) is 0 Å². The molecule has 2 atom stereocenters. The van der Waals surface area contributed by atoms with Gasteiger partial charge < -0.3 is 19.6 Å². The summed E-state index contributed by atoms with van der Waals surface area (Å²) in [7, 11) is 0. The predicted octanol–water partition coefficient (Wildman–Crippen LogP) is 21.5. The van der Waals surface area contributed by atoms with Crippen LogP contribution in [0.25, 0.3) is 33.4 Å². The Bertz CT molecular complexity index is 5050. The van der Waals surface area contributed by atoms with Crippen molar-refractivity contribution in [2.45, 2.75) is 51.9 Å². The average molecular weight is 1270 g/mol. The first-order valence-corrected chi connectivity index (χ1v) is 35.1. The molecule has 4 aliphatic heterocycles. The molecule has 96 heavy (non-hydrogen) atoms. The van der Waals surface area contributed by atoms with Gasteiger partial charge in [0.05, 0.1) is 5.69 Å². The Balaban J connectivity index is 0.878. The van der Waals surface area contributed by atoms with Gasteiger partial charge in [0.1, 0.15) is 0 Å². The lowest BCUT2D eigenvalue weighted by molar-refractivity contribution is 0.590. The number of rotatable bonds is 11. The second-order valence-corrected chi connectivity index (χ2v) is 29.0. The molecule has 4 nitrogen and oxygen atoms in total. The number of benzene rings is 13. The second kappa shape index (κ2) is 23.7. The summed E-state index contributed by atoms with van der Waals surface area (Å²) in [6.07, 6.45) is 5.48. The smallest absolute Gasteiger partial charge is 0.249 e. The van der Waals surface area contributed by atoms with E-state index in [-0.39, 0.29) is 29.9 Å². The molecule has 0 amide bonds. The Hall–Kier alpha value is -10.6. The van der Waals surface area contributed by atoms with E-state index in [1.807, 2.05) is 23.5 Å². The van der Waals surface area contributed by atoms with Crippen molar-refractivity contribution < 1.29 is 0 Å². The fraction of sp³-hybridized carbons (Fsp3) is 0.0682. The molecule has 0 saturated carbocycles. The normalized spacial score (nSPS) is 15.4. The highest BCUT2D eigenvalue weighted by Gasteiger charge is 2.52. The lowest BCUT2D eigenvalue weighted by Gasteiger charge is -2.49. The lowest BCUT2D eigenvalue weighted by atomic mass is 9.28. The minimum atomic E-state index is -0.0342. The molecule has 0 bridgehead atoms. The molecule has 0 radical (unpaired) electrons. The number of para-hydroxylation sites is 5. The van der Waals surface area contributed by atoms with E-state index in [9.17, 15) is 0 Å². The summed E-state index contributed by atoms with van der Waals surface area (Å²) < 4.78 is 0. The summed E-state index contributed by atoms with van der Waals surface area (Å²) in [6.45, 7) is 6.91. The lowest BCUT2D eigenvalue weighted by Crippen LogP contribution is -2.59. The van der Waals surface area contributed by atoms with Crippen LogP contribution in [-0.4, -0.2) is 18.7 Å². The first kappa shape index (κ1) is 58.0. The standard InChI is InChI=1S/C88H66B2N4S2/c1-88(2,3)64-47-41-63(42-48-64)72-35-19-22-38-77(72)94-79-58-83-76(57-75(79)90-74-37-21-24-40-82(74)95-84-55-71(54-81(94)87(84)90)91(65-29-13-6-14-30-65)66-31-15-7-16-32-66)89-73-36-20-23-39-78(73)93(67-33-17-8-18-34-67)80-53-70(56-85(96-83)86(80)89)92(68-49-43-61(44-50-68)59-25-9-4-10-26-59)69-51-45-62(46-52-69)60-27-11-5-12-28-60/h4-58,76,83H,1-3H3. The van der Waals surface area contributed by atoms with Crippen LogP contribution in [0.3, 0.4) is 0 Å². The van der Waals surface area contributed by atoms with Crippen molar-refractivity contribution in [3.8, 4) is 33.4 Å². The first-order chi connectivity index (χ1) is 47.3. The van der Waals surface area contributed by atoms with Crippen LogP contribution < -0.4 is 41.5 Å². The zero-order valence-corrected chi connectivity index (χ0v) is 55.3. The summed E-state index contributed by atoms with van der Waals surface area (Å²) >= 11 is 3.96. The number of fused-ring (bicyclic) bond motifs is 8. The maximum Gasteiger partial charge on any atom is 0.249 e. The third kappa shape index (κ3) is 9.96. The van der Waals surface area contributed by atoms with E-state index in [0.29, 0.717) is 0 Å². The molecule has 0 saturated heterocycles. The fourth-order valence-electron chi connectivity index (χ4n) is 15.6. The van der Waals surface area contributed by atoms with Crippen LogP contribution >= 0.6 is 23.5 Å². The molecule has 0 fully saturated rings. The molecule has 0 aromatic heterocycles. The van der Waals surface area contributed by atoms with Gasteiger partial charge in [0, 0.05) is 88.1 Å². The molecule has 0 spiro atoms. The van der Waals surface area contributed by atoms with Crippen LogP contribution in [0, 0.1) is 0 Å². The number of hydrogen-bond donors (Lipinski definition) is 0. The van der Waals surface area contributed by atoms with Crippen LogP contribution in [0.15, 0.2) is 360 Å². The van der Waals surface area contributed by atoms with Gasteiger partial charge in [-0.2, -0.15) is 0 Å². The van der Waals surface area contributed by atoms with Gasteiger partial charge in [0.15, 0.2) is 0 Å². The third-order valence-corrected chi connectivity index (χ3v) is 22.5.